The Bertz CT molecular complexity index is 201. The predicted octanol–water partition coefficient (Wildman–Crippen LogP) is -0.359. The Balaban J connectivity index is 3.68. The lowest BCUT2D eigenvalue weighted by molar-refractivity contribution is -0.121. The molecule has 0 saturated heterocycles. The molecule has 80 valence electrons. The van der Waals surface area contributed by atoms with Crippen molar-refractivity contribution in [1.29, 1.82) is 5.26 Å². The fraction of sp³-hybridized carbons (Fsp3) is 0.778. The first-order valence-electron chi connectivity index (χ1n) is 4.63. The molecule has 0 aromatic carbocycles. The zero-order valence-electron chi connectivity index (χ0n) is 8.67. The SMILES string of the molecule is CCNC(=O)CC(C#N)NCCOC. The first-order valence-corrected chi connectivity index (χ1v) is 4.63. The van der Waals surface area contributed by atoms with Gasteiger partial charge in [0.1, 0.15) is 6.04 Å². The number of rotatable bonds is 7. The summed E-state index contributed by atoms with van der Waals surface area (Å²) in [7, 11) is 1.59. The highest BCUT2D eigenvalue weighted by Gasteiger charge is 2.10. The molecule has 5 nitrogen and oxygen atoms in total. The fourth-order valence-electron chi connectivity index (χ4n) is 0.953. The first-order chi connectivity index (χ1) is 6.74. The molecule has 0 bridgehead atoms. The van der Waals surface area contributed by atoms with E-state index in [1.54, 1.807) is 7.11 Å². The van der Waals surface area contributed by atoms with Gasteiger partial charge in [-0.2, -0.15) is 5.26 Å². The van der Waals surface area contributed by atoms with Crippen LogP contribution in [0, 0.1) is 11.3 Å². The number of nitriles is 1. The number of amides is 1. The normalized spacial score (nSPS) is 11.8. The summed E-state index contributed by atoms with van der Waals surface area (Å²) in [5.74, 6) is -0.107. The quantitative estimate of drug-likeness (QED) is 0.549. The van der Waals surface area contributed by atoms with Crippen LogP contribution in [0.2, 0.25) is 0 Å². The Kier molecular flexibility index (Phi) is 7.80. The molecule has 0 radical (unpaired) electrons. The van der Waals surface area contributed by atoms with Crippen molar-refractivity contribution in [3.63, 3.8) is 0 Å². The second-order valence-electron chi connectivity index (χ2n) is 2.79. The highest BCUT2D eigenvalue weighted by atomic mass is 16.5. The van der Waals surface area contributed by atoms with Gasteiger partial charge in [0.2, 0.25) is 5.91 Å². The predicted molar refractivity (Wildman–Crippen MR) is 52.6 cm³/mol. The van der Waals surface area contributed by atoms with Crippen molar-refractivity contribution in [2.45, 2.75) is 19.4 Å². The molecular formula is C9H17N3O2. The van der Waals surface area contributed by atoms with Crippen molar-refractivity contribution in [2.24, 2.45) is 0 Å². The average Bonchev–Trinajstić information content (AvgIpc) is 2.17. The Labute approximate surface area is 84.4 Å². The van der Waals surface area contributed by atoms with E-state index in [2.05, 4.69) is 10.6 Å². The number of nitrogens with one attached hydrogen (secondary N) is 2. The maximum Gasteiger partial charge on any atom is 0.222 e. The first kappa shape index (κ1) is 12.9. The van der Waals surface area contributed by atoms with E-state index < -0.39 is 6.04 Å². The number of hydrogen-bond acceptors (Lipinski definition) is 4. The summed E-state index contributed by atoms with van der Waals surface area (Å²) in [6.45, 7) is 3.55. The molecule has 0 spiro atoms. The van der Waals surface area contributed by atoms with E-state index in [-0.39, 0.29) is 12.3 Å². The van der Waals surface area contributed by atoms with Crippen LogP contribution < -0.4 is 10.6 Å². The average molecular weight is 199 g/mol. The van der Waals surface area contributed by atoms with E-state index in [0.29, 0.717) is 19.7 Å². The molecule has 0 fully saturated rings. The van der Waals surface area contributed by atoms with Gasteiger partial charge in [-0.05, 0) is 6.92 Å². The van der Waals surface area contributed by atoms with Crippen LogP contribution in [0.1, 0.15) is 13.3 Å². The van der Waals surface area contributed by atoms with Gasteiger partial charge < -0.3 is 10.1 Å². The second kappa shape index (κ2) is 8.48. The third-order valence-electron chi connectivity index (χ3n) is 1.62. The Morgan fingerprint density at radius 2 is 2.36 bits per heavy atom. The molecule has 2 N–H and O–H groups in total. The number of ether oxygens (including phenoxy) is 1. The third-order valence-corrected chi connectivity index (χ3v) is 1.62. The van der Waals surface area contributed by atoms with E-state index in [1.165, 1.54) is 0 Å². The van der Waals surface area contributed by atoms with Crippen LogP contribution in [-0.4, -0.2) is 38.8 Å². The van der Waals surface area contributed by atoms with Gasteiger partial charge in [0.15, 0.2) is 0 Å². The molecule has 0 saturated carbocycles. The molecule has 0 aliphatic rings. The van der Waals surface area contributed by atoms with Gasteiger partial charge in [-0.15, -0.1) is 0 Å². The Morgan fingerprint density at radius 1 is 1.64 bits per heavy atom. The molecule has 14 heavy (non-hydrogen) atoms. The molecule has 0 aliphatic heterocycles. The zero-order chi connectivity index (χ0) is 10.8. The highest BCUT2D eigenvalue weighted by molar-refractivity contribution is 5.76. The smallest absolute Gasteiger partial charge is 0.222 e. The summed E-state index contributed by atoms with van der Waals surface area (Å²) in [6.07, 6.45) is 0.189. The van der Waals surface area contributed by atoms with Crippen molar-refractivity contribution in [1.82, 2.24) is 10.6 Å². The molecule has 0 heterocycles. The standard InChI is InChI=1S/C9H17N3O2/c1-3-11-9(13)6-8(7-10)12-4-5-14-2/h8,12H,3-6H2,1-2H3,(H,11,13). The van der Waals surface area contributed by atoms with Crippen LogP contribution >= 0.6 is 0 Å². The summed E-state index contributed by atoms with van der Waals surface area (Å²) in [6, 6.07) is 1.59. The maximum absolute atomic E-state index is 11.1. The minimum absolute atomic E-state index is 0.107. The zero-order valence-corrected chi connectivity index (χ0v) is 8.67. The second-order valence-corrected chi connectivity index (χ2v) is 2.79. The number of hydrogen-bond donors (Lipinski definition) is 2. The number of methoxy groups -OCH3 is 1. The molecule has 0 aromatic rings. The van der Waals surface area contributed by atoms with Crippen molar-refractivity contribution in [3.8, 4) is 6.07 Å². The van der Waals surface area contributed by atoms with Crippen LogP contribution in [-0.2, 0) is 9.53 Å². The van der Waals surface area contributed by atoms with Crippen LogP contribution in [0.25, 0.3) is 0 Å². The van der Waals surface area contributed by atoms with Crippen LogP contribution in [0.4, 0.5) is 0 Å². The van der Waals surface area contributed by atoms with Gasteiger partial charge in [-0.1, -0.05) is 0 Å². The minimum atomic E-state index is -0.434. The summed E-state index contributed by atoms with van der Waals surface area (Å²) >= 11 is 0. The summed E-state index contributed by atoms with van der Waals surface area (Å²) < 4.78 is 4.82. The molecule has 0 aliphatic carbocycles. The van der Waals surface area contributed by atoms with Gasteiger partial charge in [0, 0.05) is 20.2 Å². The van der Waals surface area contributed by atoms with Crippen LogP contribution in [0.3, 0.4) is 0 Å². The lowest BCUT2D eigenvalue weighted by Gasteiger charge is -2.10. The van der Waals surface area contributed by atoms with Gasteiger partial charge in [-0.25, -0.2) is 0 Å². The third kappa shape index (κ3) is 6.40. The topological polar surface area (TPSA) is 74.2 Å². The molecular weight excluding hydrogens is 182 g/mol. The van der Waals surface area contributed by atoms with Crippen molar-refractivity contribution >= 4 is 5.91 Å². The van der Waals surface area contributed by atoms with E-state index in [1.807, 2.05) is 13.0 Å². The van der Waals surface area contributed by atoms with Gasteiger partial charge >= 0.3 is 0 Å². The molecule has 1 amide bonds. The van der Waals surface area contributed by atoms with Crippen molar-refractivity contribution < 1.29 is 9.53 Å². The monoisotopic (exact) mass is 199 g/mol. The van der Waals surface area contributed by atoms with E-state index in [0.717, 1.165) is 0 Å². The lowest BCUT2D eigenvalue weighted by Crippen LogP contribution is -2.36. The maximum atomic E-state index is 11.1. The molecule has 1 unspecified atom stereocenters. The van der Waals surface area contributed by atoms with Crippen LogP contribution in [0.15, 0.2) is 0 Å². The largest absolute Gasteiger partial charge is 0.383 e. The lowest BCUT2D eigenvalue weighted by atomic mass is 10.2. The summed E-state index contributed by atoms with van der Waals surface area (Å²) in [5.41, 5.74) is 0. The molecule has 1 atom stereocenters. The van der Waals surface area contributed by atoms with Crippen molar-refractivity contribution in [2.75, 3.05) is 26.8 Å². The molecule has 0 rings (SSSR count). The van der Waals surface area contributed by atoms with Crippen LogP contribution in [0.5, 0.6) is 0 Å². The molecule has 5 heteroatoms. The molecule has 0 aromatic heterocycles. The summed E-state index contributed by atoms with van der Waals surface area (Å²) in [5, 5.41) is 14.3. The van der Waals surface area contributed by atoms with E-state index in [9.17, 15) is 4.79 Å². The summed E-state index contributed by atoms with van der Waals surface area (Å²) in [4.78, 5) is 11.1. The number of nitrogens with zero attached hydrogens (tertiary/aromatic N) is 1. The number of carbonyl (C=O) groups is 1. The Hall–Kier alpha value is -1.12. The van der Waals surface area contributed by atoms with Gasteiger partial charge in [-0.3, -0.25) is 10.1 Å². The van der Waals surface area contributed by atoms with E-state index >= 15 is 0 Å². The van der Waals surface area contributed by atoms with Crippen molar-refractivity contribution in [3.05, 3.63) is 0 Å². The Morgan fingerprint density at radius 3 is 2.86 bits per heavy atom. The van der Waals surface area contributed by atoms with Gasteiger partial charge in [0.05, 0.1) is 19.1 Å². The minimum Gasteiger partial charge on any atom is -0.383 e. The van der Waals surface area contributed by atoms with E-state index in [4.69, 9.17) is 10.00 Å². The highest BCUT2D eigenvalue weighted by Crippen LogP contribution is 1.89. The fourth-order valence-corrected chi connectivity index (χ4v) is 0.953. The number of carbonyl (C=O) groups excluding carboxylic acids is 1. The van der Waals surface area contributed by atoms with Gasteiger partial charge in [0.25, 0.3) is 0 Å².